The van der Waals surface area contributed by atoms with Crippen molar-refractivity contribution in [3.8, 4) is 5.75 Å². The Morgan fingerprint density at radius 1 is 1.09 bits per heavy atom. The molecule has 0 amide bonds. The van der Waals surface area contributed by atoms with Gasteiger partial charge in [-0.25, -0.2) is 0 Å². The zero-order chi connectivity index (χ0) is 16.3. The molecule has 1 aromatic carbocycles. The van der Waals surface area contributed by atoms with E-state index < -0.39 is 29.6 Å². The van der Waals surface area contributed by atoms with E-state index in [1.165, 1.54) is 30.3 Å². The van der Waals surface area contributed by atoms with E-state index in [1.807, 2.05) is 0 Å². The molecular weight excluding hydrogens is 292 g/mol. The average Bonchev–Trinajstić information content (AvgIpc) is 2.47. The number of carbonyl (C=O) groups is 3. The van der Waals surface area contributed by atoms with Crippen LogP contribution >= 0.6 is 0 Å². The number of ketones is 1. The van der Waals surface area contributed by atoms with Crippen LogP contribution in [0.25, 0.3) is 0 Å². The van der Waals surface area contributed by atoms with E-state index >= 15 is 0 Å². The van der Waals surface area contributed by atoms with Crippen LogP contribution in [0.4, 0.5) is 5.69 Å². The van der Waals surface area contributed by atoms with Gasteiger partial charge in [0.15, 0.2) is 5.78 Å². The summed E-state index contributed by atoms with van der Waals surface area (Å²) in [5.74, 6) is -4.40. The van der Waals surface area contributed by atoms with E-state index in [2.05, 4.69) is 10.5 Å². The van der Waals surface area contributed by atoms with Crippen LogP contribution < -0.4 is 5.43 Å². The van der Waals surface area contributed by atoms with Crippen molar-refractivity contribution in [3.05, 3.63) is 36.4 Å². The fraction of sp³-hybridized carbons (Fsp3) is 0.143. The SMILES string of the molecule is O=C(O)C1(C(=O)O)CC(=NNc2ccc(O)cc2)C=CC1=O. The Bertz CT molecular complexity index is 676. The Hall–Kier alpha value is -3.16. The number of benzene rings is 1. The normalized spacial score (nSPS) is 18.2. The third-order valence-electron chi connectivity index (χ3n) is 3.22. The summed E-state index contributed by atoms with van der Waals surface area (Å²) in [5, 5.41) is 31.3. The molecule has 0 heterocycles. The highest BCUT2D eigenvalue weighted by Gasteiger charge is 2.54. The summed E-state index contributed by atoms with van der Waals surface area (Å²) in [6.07, 6.45) is 1.60. The minimum absolute atomic E-state index is 0.0668. The van der Waals surface area contributed by atoms with E-state index in [-0.39, 0.29) is 11.5 Å². The molecule has 22 heavy (non-hydrogen) atoms. The summed E-state index contributed by atoms with van der Waals surface area (Å²) in [6.45, 7) is 0. The minimum atomic E-state index is -2.55. The Morgan fingerprint density at radius 3 is 2.23 bits per heavy atom. The molecule has 0 spiro atoms. The van der Waals surface area contributed by atoms with E-state index in [4.69, 9.17) is 15.3 Å². The van der Waals surface area contributed by atoms with Crippen LogP contribution in [0.3, 0.4) is 0 Å². The lowest BCUT2D eigenvalue weighted by atomic mass is 9.75. The molecule has 0 radical (unpaired) electrons. The molecule has 0 aromatic heterocycles. The fourth-order valence-electron chi connectivity index (χ4n) is 1.93. The number of hydrogen-bond acceptors (Lipinski definition) is 6. The van der Waals surface area contributed by atoms with Crippen molar-refractivity contribution in [1.82, 2.24) is 0 Å². The second kappa shape index (κ2) is 5.68. The molecule has 0 bridgehead atoms. The number of carboxylic acid groups (broad SMARTS) is 2. The zero-order valence-corrected chi connectivity index (χ0v) is 11.2. The van der Waals surface area contributed by atoms with Crippen LogP contribution in [-0.2, 0) is 14.4 Å². The third-order valence-corrected chi connectivity index (χ3v) is 3.22. The largest absolute Gasteiger partial charge is 0.508 e. The molecule has 1 aliphatic carbocycles. The van der Waals surface area contributed by atoms with Gasteiger partial charge in [-0.05, 0) is 36.4 Å². The van der Waals surface area contributed by atoms with Gasteiger partial charge in [0.05, 0.1) is 11.4 Å². The number of phenols is 1. The first-order chi connectivity index (χ1) is 10.4. The highest BCUT2D eigenvalue weighted by molar-refractivity contribution is 6.28. The van der Waals surface area contributed by atoms with Crippen molar-refractivity contribution < 1.29 is 29.7 Å². The molecule has 2 rings (SSSR count). The summed E-state index contributed by atoms with van der Waals surface area (Å²) in [6, 6.07) is 5.89. The van der Waals surface area contributed by atoms with Gasteiger partial charge in [-0.1, -0.05) is 0 Å². The first-order valence-corrected chi connectivity index (χ1v) is 6.17. The number of phenolic OH excluding ortho intramolecular Hbond substituents is 1. The maximum absolute atomic E-state index is 11.7. The summed E-state index contributed by atoms with van der Waals surface area (Å²) >= 11 is 0. The number of nitrogens with zero attached hydrogens (tertiary/aromatic N) is 1. The second-order valence-electron chi connectivity index (χ2n) is 4.65. The summed E-state index contributed by atoms with van der Waals surface area (Å²) in [4.78, 5) is 34.2. The Labute approximate surface area is 124 Å². The highest BCUT2D eigenvalue weighted by Crippen LogP contribution is 2.29. The summed E-state index contributed by atoms with van der Waals surface area (Å²) in [7, 11) is 0. The lowest BCUT2D eigenvalue weighted by molar-refractivity contribution is -0.166. The maximum Gasteiger partial charge on any atom is 0.329 e. The molecule has 1 aromatic rings. The van der Waals surface area contributed by atoms with Gasteiger partial charge in [0.25, 0.3) is 0 Å². The molecule has 0 saturated heterocycles. The number of rotatable bonds is 4. The van der Waals surface area contributed by atoms with Crippen LogP contribution in [0.15, 0.2) is 41.5 Å². The molecule has 0 atom stereocenters. The van der Waals surface area contributed by atoms with E-state index in [1.54, 1.807) is 0 Å². The van der Waals surface area contributed by atoms with E-state index in [0.717, 1.165) is 6.08 Å². The Kier molecular flexibility index (Phi) is 3.93. The van der Waals surface area contributed by atoms with Gasteiger partial charge in [0, 0.05) is 6.42 Å². The molecule has 4 N–H and O–H groups in total. The first-order valence-electron chi connectivity index (χ1n) is 6.17. The predicted molar refractivity (Wildman–Crippen MR) is 75.6 cm³/mol. The number of carbonyl (C=O) groups excluding carboxylic acids is 1. The summed E-state index contributed by atoms with van der Waals surface area (Å²) in [5.41, 5.74) is 0.664. The smallest absolute Gasteiger partial charge is 0.329 e. The minimum Gasteiger partial charge on any atom is -0.508 e. The fourth-order valence-corrected chi connectivity index (χ4v) is 1.93. The Morgan fingerprint density at radius 2 is 1.68 bits per heavy atom. The van der Waals surface area contributed by atoms with Crippen molar-refractivity contribution in [2.75, 3.05) is 5.43 Å². The second-order valence-corrected chi connectivity index (χ2v) is 4.65. The van der Waals surface area contributed by atoms with Gasteiger partial charge in [-0.2, -0.15) is 5.10 Å². The first kappa shape index (κ1) is 15.2. The predicted octanol–water partition coefficient (Wildman–Crippen LogP) is 0.845. The number of hydrogen-bond donors (Lipinski definition) is 4. The van der Waals surface area contributed by atoms with Crippen molar-refractivity contribution in [2.24, 2.45) is 10.5 Å². The van der Waals surface area contributed by atoms with Gasteiger partial charge >= 0.3 is 11.9 Å². The molecule has 0 saturated carbocycles. The van der Waals surface area contributed by atoms with Crippen LogP contribution in [0.2, 0.25) is 0 Å². The monoisotopic (exact) mass is 304 g/mol. The maximum atomic E-state index is 11.7. The number of nitrogens with one attached hydrogen (secondary N) is 1. The molecule has 8 nitrogen and oxygen atoms in total. The van der Waals surface area contributed by atoms with Gasteiger partial charge in [0.1, 0.15) is 5.75 Å². The Balaban J connectivity index is 2.26. The van der Waals surface area contributed by atoms with Crippen LogP contribution in [0.5, 0.6) is 5.75 Å². The van der Waals surface area contributed by atoms with Gasteiger partial charge in [0.2, 0.25) is 5.41 Å². The molecular formula is C14H12N2O6. The van der Waals surface area contributed by atoms with Crippen LogP contribution in [0, 0.1) is 5.41 Å². The number of allylic oxidation sites excluding steroid dienone is 2. The number of anilines is 1. The molecule has 1 aliphatic rings. The molecule has 0 aliphatic heterocycles. The number of aromatic hydroxyl groups is 1. The van der Waals surface area contributed by atoms with Gasteiger partial charge in [-0.3, -0.25) is 19.8 Å². The summed E-state index contributed by atoms with van der Waals surface area (Å²) < 4.78 is 0. The molecule has 0 unspecified atom stereocenters. The quantitative estimate of drug-likeness (QED) is 0.367. The third kappa shape index (κ3) is 2.66. The van der Waals surface area contributed by atoms with Gasteiger partial charge < -0.3 is 15.3 Å². The van der Waals surface area contributed by atoms with Crippen LogP contribution in [0.1, 0.15) is 6.42 Å². The van der Waals surface area contributed by atoms with E-state index in [9.17, 15) is 14.4 Å². The topological polar surface area (TPSA) is 136 Å². The highest BCUT2D eigenvalue weighted by atomic mass is 16.4. The zero-order valence-electron chi connectivity index (χ0n) is 11.2. The van der Waals surface area contributed by atoms with E-state index in [0.29, 0.717) is 5.69 Å². The standard InChI is InChI=1S/C14H12N2O6/c17-10-4-1-8(2-5-10)15-16-9-3-6-11(18)14(7-9,12(19)20)13(21)22/h1-6,15,17H,7H2,(H,19,20)(H,21,22). The number of carboxylic acids is 2. The molecule has 8 heteroatoms. The van der Waals surface area contributed by atoms with Gasteiger partial charge in [-0.15, -0.1) is 0 Å². The lowest BCUT2D eigenvalue weighted by Crippen LogP contribution is -2.48. The van der Waals surface area contributed by atoms with Crippen molar-refractivity contribution in [2.45, 2.75) is 6.42 Å². The molecule has 114 valence electrons. The van der Waals surface area contributed by atoms with Crippen molar-refractivity contribution in [1.29, 1.82) is 0 Å². The average molecular weight is 304 g/mol. The van der Waals surface area contributed by atoms with Crippen molar-refractivity contribution in [3.63, 3.8) is 0 Å². The number of hydrazone groups is 1. The van der Waals surface area contributed by atoms with Crippen LogP contribution in [-0.4, -0.2) is 38.8 Å². The number of aliphatic carboxylic acids is 2. The lowest BCUT2D eigenvalue weighted by Gasteiger charge is -2.24. The molecule has 0 fully saturated rings. The van der Waals surface area contributed by atoms with Crippen molar-refractivity contribution >= 4 is 29.1 Å².